The number of anilines is 2. The molecule has 2 aromatic carbocycles. The monoisotopic (exact) mass is 397 g/mol. The van der Waals surface area contributed by atoms with Gasteiger partial charge in [-0.05, 0) is 48.6 Å². The number of Topliss-reactive ketones (excluding diaryl/α,β-unsaturated/α-hetero) is 1. The molecule has 1 saturated carbocycles. The number of benzene rings is 2. The highest BCUT2D eigenvalue weighted by Gasteiger charge is 2.30. The fourth-order valence-corrected chi connectivity index (χ4v) is 5.30. The summed E-state index contributed by atoms with van der Waals surface area (Å²) >= 11 is 0. The Balaban J connectivity index is 1.74. The second kappa shape index (κ2) is 6.91. The maximum atomic E-state index is 12.9. The number of carboxylic acids is 1. The quantitative estimate of drug-likeness (QED) is 0.652. The summed E-state index contributed by atoms with van der Waals surface area (Å²) in [6.07, 6.45) is 3.91. The molecule has 0 aromatic heterocycles. The SMILES string of the molecule is O=C1CCC(C=C(C(=O)O)c2ccc3c(c2)Nc2ccccc2S3(=O)=O)CC1. The van der Waals surface area contributed by atoms with E-state index in [-0.39, 0.29) is 27.1 Å². The number of sulfone groups is 1. The Kier molecular flexibility index (Phi) is 4.55. The number of allylic oxidation sites excluding steroid dienone is 1. The molecule has 6 nitrogen and oxygen atoms in total. The van der Waals surface area contributed by atoms with Gasteiger partial charge in [-0.1, -0.05) is 24.3 Å². The molecule has 1 aliphatic carbocycles. The molecule has 0 amide bonds. The summed E-state index contributed by atoms with van der Waals surface area (Å²) in [5.41, 5.74) is 1.39. The topological polar surface area (TPSA) is 101 Å². The molecule has 0 spiro atoms. The lowest BCUT2D eigenvalue weighted by atomic mass is 9.86. The highest BCUT2D eigenvalue weighted by molar-refractivity contribution is 7.92. The maximum absolute atomic E-state index is 12.9. The van der Waals surface area contributed by atoms with Crippen LogP contribution in [0.15, 0.2) is 58.3 Å². The first kappa shape index (κ1) is 18.4. The number of carbonyl (C=O) groups is 2. The second-order valence-electron chi connectivity index (χ2n) is 7.10. The number of fused-ring (bicyclic) bond motifs is 2. The van der Waals surface area contributed by atoms with Gasteiger partial charge in [-0.3, -0.25) is 4.79 Å². The largest absolute Gasteiger partial charge is 0.478 e. The van der Waals surface area contributed by atoms with E-state index >= 15 is 0 Å². The number of hydrogen-bond donors (Lipinski definition) is 2. The Hall–Kier alpha value is -2.93. The van der Waals surface area contributed by atoms with Crippen LogP contribution in [-0.4, -0.2) is 25.3 Å². The second-order valence-corrected chi connectivity index (χ2v) is 8.98. The molecule has 2 aromatic rings. The van der Waals surface area contributed by atoms with Crippen molar-refractivity contribution in [3.63, 3.8) is 0 Å². The van der Waals surface area contributed by atoms with Crippen molar-refractivity contribution in [3.05, 3.63) is 54.1 Å². The Morgan fingerprint density at radius 2 is 1.71 bits per heavy atom. The molecule has 0 unspecified atom stereocenters. The first-order valence-electron chi connectivity index (χ1n) is 9.08. The van der Waals surface area contributed by atoms with Crippen LogP contribution >= 0.6 is 0 Å². The molecule has 1 heterocycles. The van der Waals surface area contributed by atoms with Crippen LogP contribution < -0.4 is 5.32 Å². The van der Waals surface area contributed by atoms with Crippen LogP contribution in [0, 0.1) is 5.92 Å². The van der Waals surface area contributed by atoms with Crippen LogP contribution in [0.5, 0.6) is 0 Å². The number of para-hydroxylation sites is 1. The van der Waals surface area contributed by atoms with Crippen molar-refractivity contribution >= 4 is 38.5 Å². The average molecular weight is 397 g/mol. The van der Waals surface area contributed by atoms with Gasteiger partial charge in [0.15, 0.2) is 0 Å². The molecule has 2 N–H and O–H groups in total. The van der Waals surface area contributed by atoms with Gasteiger partial charge < -0.3 is 10.4 Å². The van der Waals surface area contributed by atoms with Crippen molar-refractivity contribution < 1.29 is 23.1 Å². The molecule has 2 aliphatic rings. The van der Waals surface area contributed by atoms with Crippen molar-refractivity contribution in [2.75, 3.05) is 5.32 Å². The molecule has 0 bridgehead atoms. The molecule has 144 valence electrons. The lowest BCUT2D eigenvalue weighted by Crippen LogP contribution is -2.15. The summed E-state index contributed by atoms with van der Waals surface area (Å²) in [5.74, 6) is -0.837. The number of carbonyl (C=O) groups excluding carboxylic acids is 1. The number of hydrogen-bond acceptors (Lipinski definition) is 5. The van der Waals surface area contributed by atoms with Crippen LogP contribution in [0.2, 0.25) is 0 Å². The first-order chi connectivity index (χ1) is 13.4. The molecular weight excluding hydrogens is 378 g/mol. The summed E-state index contributed by atoms with van der Waals surface area (Å²) in [4.78, 5) is 23.6. The smallest absolute Gasteiger partial charge is 0.335 e. The van der Waals surface area contributed by atoms with Gasteiger partial charge in [-0.15, -0.1) is 0 Å². The standard InChI is InChI=1S/C21H19NO5S/c23-15-8-5-13(6-9-15)11-16(21(24)25)14-7-10-20-18(12-14)22-17-3-1-2-4-19(17)28(20,26)27/h1-4,7,10-13,22H,5-6,8-9H2,(H,24,25). The Morgan fingerprint density at radius 3 is 2.43 bits per heavy atom. The maximum Gasteiger partial charge on any atom is 0.335 e. The summed E-state index contributed by atoms with van der Waals surface area (Å²) < 4.78 is 25.7. The summed E-state index contributed by atoms with van der Waals surface area (Å²) in [5, 5.41) is 12.8. The summed E-state index contributed by atoms with van der Waals surface area (Å²) in [6.45, 7) is 0. The fourth-order valence-electron chi connectivity index (χ4n) is 3.75. The third-order valence-electron chi connectivity index (χ3n) is 5.25. The van der Waals surface area contributed by atoms with Gasteiger partial charge in [0, 0.05) is 12.8 Å². The fraction of sp³-hybridized carbons (Fsp3) is 0.238. The molecule has 1 fully saturated rings. The molecular formula is C21H19NO5S. The molecule has 1 aliphatic heterocycles. The van der Waals surface area contributed by atoms with Gasteiger partial charge in [-0.2, -0.15) is 0 Å². The van der Waals surface area contributed by atoms with E-state index in [4.69, 9.17) is 0 Å². The molecule has 0 saturated heterocycles. The van der Waals surface area contributed by atoms with E-state index in [9.17, 15) is 23.1 Å². The van der Waals surface area contributed by atoms with Gasteiger partial charge in [0.2, 0.25) is 9.84 Å². The van der Waals surface area contributed by atoms with E-state index in [1.165, 1.54) is 12.1 Å². The first-order valence-corrected chi connectivity index (χ1v) is 10.6. The Bertz CT molecular complexity index is 1110. The van der Waals surface area contributed by atoms with E-state index in [2.05, 4.69) is 5.32 Å². The van der Waals surface area contributed by atoms with Crippen LogP contribution in [0.4, 0.5) is 11.4 Å². The third kappa shape index (κ3) is 3.22. The predicted molar refractivity (Wildman–Crippen MR) is 104 cm³/mol. The lowest BCUT2D eigenvalue weighted by molar-refractivity contribution is -0.130. The lowest BCUT2D eigenvalue weighted by Gasteiger charge is -2.22. The zero-order valence-corrected chi connectivity index (χ0v) is 15.8. The molecule has 4 rings (SSSR count). The molecule has 0 radical (unpaired) electrons. The minimum atomic E-state index is -3.66. The number of carboxylic acid groups (broad SMARTS) is 1. The zero-order chi connectivity index (χ0) is 19.9. The van der Waals surface area contributed by atoms with Crippen LogP contribution in [0.25, 0.3) is 5.57 Å². The van der Waals surface area contributed by atoms with E-state index in [1.54, 1.807) is 36.4 Å². The minimum absolute atomic E-state index is 0.0252. The third-order valence-corrected chi connectivity index (χ3v) is 7.12. The molecule has 28 heavy (non-hydrogen) atoms. The van der Waals surface area contributed by atoms with Crippen LogP contribution in [0.1, 0.15) is 31.2 Å². The van der Waals surface area contributed by atoms with Gasteiger partial charge in [-0.25, -0.2) is 13.2 Å². The van der Waals surface area contributed by atoms with Gasteiger partial charge in [0.05, 0.1) is 26.7 Å². The van der Waals surface area contributed by atoms with Gasteiger partial charge >= 0.3 is 5.97 Å². The van der Waals surface area contributed by atoms with E-state index in [0.29, 0.717) is 42.6 Å². The van der Waals surface area contributed by atoms with E-state index in [0.717, 1.165) is 0 Å². The normalized spacial score (nSPS) is 18.7. The summed E-state index contributed by atoms with van der Waals surface area (Å²) in [6, 6.07) is 11.2. The number of aliphatic carboxylic acids is 1. The number of nitrogens with one attached hydrogen (secondary N) is 1. The van der Waals surface area contributed by atoms with E-state index in [1.807, 2.05) is 0 Å². The zero-order valence-electron chi connectivity index (χ0n) is 15.0. The van der Waals surface area contributed by atoms with Crippen molar-refractivity contribution in [2.24, 2.45) is 5.92 Å². The Labute approximate surface area is 162 Å². The van der Waals surface area contributed by atoms with Crippen molar-refractivity contribution in [1.29, 1.82) is 0 Å². The van der Waals surface area contributed by atoms with Crippen molar-refractivity contribution in [3.8, 4) is 0 Å². The Morgan fingerprint density at radius 1 is 1.04 bits per heavy atom. The van der Waals surface area contributed by atoms with Crippen LogP contribution in [-0.2, 0) is 19.4 Å². The number of ketones is 1. The van der Waals surface area contributed by atoms with Gasteiger partial charge in [0.1, 0.15) is 5.78 Å². The highest BCUT2D eigenvalue weighted by Crippen LogP contribution is 2.40. The number of rotatable bonds is 3. The molecule has 7 heteroatoms. The van der Waals surface area contributed by atoms with Gasteiger partial charge in [0.25, 0.3) is 0 Å². The summed E-state index contributed by atoms with van der Waals surface area (Å²) in [7, 11) is -3.66. The highest BCUT2D eigenvalue weighted by atomic mass is 32.2. The van der Waals surface area contributed by atoms with E-state index < -0.39 is 15.8 Å². The average Bonchev–Trinajstić information content (AvgIpc) is 2.67. The predicted octanol–water partition coefficient (Wildman–Crippen LogP) is 3.80. The molecule has 0 atom stereocenters. The van der Waals surface area contributed by atoms with Crippen LogP contribution in [0.3, 0.4) is 0 Å². The minimum Gasteiger partial charge on any atom is -0.478 e. The van der Waals surface area contributed by atoms with Crippen molar-refractivity contribution in [1.82, 2.24) is 0 Å². The van der Waals surface area contributed by atoms with Crippen molar-refractivity contribution in [2.45, 2.75) is 35.5 Å².